The van der Waals surface area contributed by atoms with Gasteiger partial charge in [0.05, 0.1) is 12.8 Å². The van der Waals surface area contributed by atoms with Gasteiger partial charge >= 0.3 is 0 Å². The number of amides is 1. The van der Waals surface area contributed by atoms with Crippen LogP contribution >= 0.6 is 15.9 Å². The molecule has 0 aliphatic rings. The number of phenols is 1. The molecule has 1 heterocycles. The normalized spacial score (nSPS) is 11.0. The molecule has 2 N–H and O–H groups in total. The largest absolute Gasteiger partial charge is 0.504 e. The number of rotatable bonds is 6. The molecule has 2 aromatic carbocycles. The van der Waals surface area contributed by atoms with Crippen molar-refractivity contribution in [2.75, 3.05) is 6.61 Å². The molecule has 0 saturated heterocycles. The Morgan fingerprint density at radius 2 is 2.11 bits per heavy atom. The first kappa shape index (κ1) is 19.6. The van der Waals surface area contributed by atoms with Gasteiger partial charge in [-0.1, -0.05) is 51.4 Å². The van der Waals surface area contributed by atoms with E-state index in [-0.39, 0.29) is 5.75 Å². The van der Waals surface area contributed by atoms with E-state index in [0.29, 0.717) is 39.4 Å². The summed E-state index contributed by atoms with van der Waals surface area (Å²) >= 11 is 3.35. The molecule has 0 atom stereocenters. The van der Waals surface area contributed by atoms with Gasteiger partial charge in [0.15, 0.2) is 11.5 Å². The molecule has 1 aromatic heterocycles. The quantitative estimate of drug-likeness (QED) is 0.437. The van der Waals surface area contributed by atoms with Crippen LogP contribution in [0.1, 0.15) is 28.6 Å². The van der Waals surface area contributed by atoms with Crippen molar-refractivity contribution in [3.05, 3.63) is 63.8 Å². The summed E-state index contributed by atoms with van der Waals surface area (Å²) in [5, 5.41) is 18.2. The number of ether oxygens (including phenoxy) is 1. The standard InChI is InChI=1S/C20H18BrN3O4/c1-3-27-16-10-15(21)9-14(19(16)25)11-22-23-20(26)17-12(2)28-24-18(17)13-7-5-4-6-8-13/h4-11,25H,3H2,1-2H3,(H,23,26)/b22-11+. The molecule has 144 valence electrons. The molecule has 0 bridgehead atoms. The summed E-state index contributed by atoms with van der Waals surface area (Å²) in [6, 6.07) is 12.6. The minimum absolute atomic E-state index is 0.0609. The Balaban J connectivity index is 1.82. The number of aromatic hydroxyl groups is 1. The third kappa shape index (κ3) is 4.23. The molecule has 8 heteroatoms. The van der Waals surface area contributed by atoms with Crippen LogP contribution in [0.5, 0.6) is 11.5 Å². The predicted octanol–water partition coefficient (Wildman–Crippen LogP) is 4.28. The van der Waals surface area contributed by atoms with E-state index in [9.17, 15) is 9.90 Å². The molecule has 0 saturated carbocycles. The second-order valence-corrected chi connectivity index (χ2v) is 6.72. The number of hydrazone groups is 1. The van der Waals surface area contributed by atoms with Gasteiger partial charge in [0.1, 0.15) is 17.0 Å². The number of benzene rings is 2. The minimum atomic E-state index is -0.464. The monoisotopic (exact) mass is 443 g/mol. The number of hydrogen-bond donors (Lipinski definition) is 2. The van der Waals surface area contributed by atoms with E-state index in [1.165, 1.54) is 6.21 Å². The summed E-state index contributed by atoms with van der Waals surface area (Å²) < 4.78 is 11.3. The first-order valence-electron chi connectivity index (χ1n) is 8.51. The van der Waals surface area contributed by atoms with Crippen molar-refractivity contribution in [3.8, 4) is 22.8 Å². The number of halogens is 1. The summed E-state index contributed by atoms with van der Waals surface area (Å²) in [7, 11) is 0. The number of carbonyl (C=O) groups excluding carboxylic acids is 1. The number of phenolic OH excluding ortho intramolecular Hbond substituents is 1. The van der Waals surface area contributed by atoms with Crippen LogP contribution in [-0.4, -0.2) is 29.0 Å². The Bertz CT molecular complexity index is 1020. The molecular weight excluding hydrogens is 426 g/mol. The van der Waals surface area contributed by atoms with Gasteiger partial charge in [0.25, 0.3) is 5.91 Å². The van der Waals surface area contributed by atoms with Crippen molar-refractivity contribution < 1.29 is 19.2 Å². The van der Waals surface area contributed by atoms with Crippen LogP contribution in [-0.2, 0) is 0 Å². The zero-order chi connectivity index (χ0) is 20.1. The summed E-state index contributed by atoms with van der Waals surface area (Å²) in [6.07, 6.45) is 1.34. The van der Waals surface area contributed by atoms with Crippen molar-refractivity contribution in [1.82, 2.24) is 10.6 Å². The molecule has 0 aliphatic heterocycles. The van der Waals surface area contributed by atoms with Gasteiger partial charge in [-0.25, -0.2) is 5.43 Å². The van der Waals surface area contributed by atoms with Crippen LogP contribution in [0.3, 0.4) is 0 Å². The molecule has 0 aliphatic carbocycles. The summed E-state index contributed by atoms with van der Waals surface area (Å²) in [6.45, 7) is 3.89. The van der Waals surface area contributed by atoms with E-state index < -0.39 is 5.91 Å². The van der Waals surface area contributed by atoms with Gasteiger partial charge in [-0.3, -0.25) is 4.79 Å². The first-order chi connectivity index (χ1) is 13.5. The average molecular weight is 444 g/mol. The Morgan fingerprint density at radius 3 is 2.82 bits per heavy atom. The lowest BCUT2D eigenvalue weighted by Gasteiger charge is -2.08. The molecule has 3 rings (SSSR count). The van der Waals surface area contributed by atoms with Crippen molar-refractivity contribution in [3.63, 3.8) is 0 Å². The summed E-state index contributed by atoms with van der Waals surface area (Å²) in [5.74, 6) is 0.184. The fourth-order valence-electron chi connectivity index (χ4n) is 2.61. The molecule has 0 spiro atoms. The fourth-order valence-corrected chi connectivity index (χ4v) is 3.06. The van der Waals surface area contributed by atoms with E-state index in [1.54, 1.807) is 19.1 Å². The van der Waals surface area contributed by atoms with Gasteiger partial charge < -0.3 is 14.4 Å². The highest BCUT2D eigenvalue weighted by Gasteiger charge is 2.21. The number of aryl methyl sites for hydroxylation is 1. The van der Waals surface area contributed by atoms with Crippen molar-refractivity contribution in [2.24, 2.45) is 5.10 Å². The Kier molecular flexibility index (Phi) is 6.10. The van der Waals surface area contributed by atoms with Crippen molar-refractivity contribution >= 4 is 28.1 Å². The average Bonchev–Trinajstić information content (AvgIpc) is 3.07. The zero-order valence-electron chi connectivity index (χ0n) is 15.3. The van der Waals surface area contributed by atoms with Gasteiger partial charge in [0.2, 0.25) is 0 Å². The SMILES string of the molecule is CCOc1cc(Br)cc(/C=N/NC(=O)c2c(-c3ccccc3)noc2C)c1O. The lowest BCUT2D eigenvalue weighted by atomic mass is 10.1. The van der Waals surface area contributed by atoms with Crippen molar-refractivity contribution in [1.29, 1.82) is 0 Å². The van der Waals surface area contributed by atoms with Gasteiger partial charge in [-0.15, -0.1) is 0 Å². The Hall–Kier alpha value is -3.13. The van der Waals surface area contributed by atoms with Gasteiger partial charge in [0, 0.05) is 15.6 Å². The van der Waals surface area contributed by atoms with Crippen molar-refractivity contribution in [2.45, 2.75) is 13.8 Å². The third-order valence-electron chi connectivity index (χ3n) is 3.88. The summed E-state index contributed by atoms with van der Waals surface area (Å²) in [5.41, 5.74) is 4.34. The number of carbonyl (C=O) groups is 1. The van der Waals surface area contributed by atoms with Crippen LogP contribution in [0.25, 0.3) is 11.3 Å². The van der Waals surface area contributed by atoms with E-state index in [0.717, 1.165) is 5.56 Å². The number of hydrogen-bond acceptors (Lipinski definition) is 6. The van der Waals surface area contributed by atoms with Crippen LogP contribution in [0.2, 0.25) is 0 Å². The van der Waals surface area contributed by atoms with Gasteiger partial charge in [-0.05, 0) is 26.0 Å². The van der Waals surface area contributed by atoms with E-state index in [4.69, 9.17) is 9.26 Å². The topological polar surface area (TPSA) is 97.0 Å². The Labute approximate surface area is 170 Å². The second-order valence-electron chi connectivity index (χ2n) is 5.80. The zero-order valence-corrected chi connectivity index (χ0v) is 16.9. The fraction of sp³-hybridized carbons (Fsp3) is 0.150. The highest BCUT2D eigenvalue weighted by atomic mass is 79.9. The van der Waals surface area contributed by atoms with Gasteiger partial charge in [-0.2, -0.15) is 5.10 Å². The van der Waals surface area contributed by atoms with E-state index >= 15 is 0 Å². The number of nitrogens with one attached hydrogen (secondary N) is 1. The molecule has 3 aromatic rings. The van der Waals surface area contributed by atoms with Crippen LogP contribution in [0.15, 0.2) is 56.6 Å². The van der Waals surface area contributed by atoms with E-state index in [2.05, 4.69) is 31.6 Å². The molecular formula is C20H18BrN3O4. The smallest absolute Gasteiger partial charge is 0.277 e. The molecule has 28 heavy (non-hydrogen) atoms. The molecule has 7 nitrogen and oxygen atoms in total. The van der Waals surface area contributed by atoms with Crippen LogP contribution in [0.4, 0.5) is 0 Å². The molecule has 0 fully saturated rings. The van der Waals surface area contributed by atoms with Crippen LogP contribution in [0, 0.1) is 6.92 Å². The Morgan fingerprint density at radius 1 is 1.36 bits per heavy atom. The maximum Gasteiger partial charge on any atom is 0.277 e. The molecule has 0 unspecified atom stereocenters. The van der Waals surface area contributed by atoms with E-state index in [1.807, 2.05) is 37.3 Å². The molecule has 1 amide bonds. The van der Waals surface area contributed by atoms with Crippen LogP contribution < -0.4 is 10.2 Å². The first-order valence-corrected chi connectivity index (χ1v) is 9.31. The predicted molar refractivity (Wildman–Crippen MR) is 109 cm³/mol. The number of nitrogens with zero attached hydrogens (tertiary/aromatic N) is 2. The maximum atomic E-state index is 12.6. The third-order valence-corrected chi connectivity index (χ3v) is 4.33. The lowest BCUT2D eigenvalue weighted by molar-refractivity contribution is 0.0954. The highest BCUT2D eigenvalue weighted by molar-refractivity contribution is 9.10. The lowest BCUT2D eigenvalue weighted by Crippen LogP contribution is -2.18. The highest BCUT2D eigenvalue weighted by Crippen LogP contribution is 2.33. The number of aromatic nitrogens is 1. The second kappa shape index (κ2) is 8.71. The minimum Gasteiger partial charge on any atom is -0.504 e. The maximum absolute atomic E-state index is 12.6. The molecule has 0 radical (unpaired) electrons. The summed E-state index contributed by atoms with van der Waals surface area (Å²) in [4.78, 5) is 12.6.